The van der Waals surface area contributed by atoms with Gasteiger partial charge in [0, 0.05) is 17.8 Å². The third kappa shape index (κ3) is 2.79. The maximum Gasteiger partial charge on any atom is 0.225 e. The predicted octanol–water partition coefficient (Wildman–Crippen LogP) is 0.295. The van der Waals surface area contributed by atoms with Crippen LogP contribution in [0.15, 0.2) is 17.5 Å². The zero-order chi connectivity index (χ0) is 10.7. The summed E-state index contributed by atoms with van der Waals surface area (Å²) in [5.41, 5.74) is 0. The van der Waals surface area contributed by atoms with E-state index < -0.39 is 0 Å². The van der Waals surface area contributed by atoms with Crippen LogP contribution in [0.2, 0.25) is 0 Å². The highest BCUT2D eigenvalue weighted by molar-refractivity contribution is 7.10. The fourth-order valence-electron chi connectivity index (χ4n) is 1.56. The highest BCUT2D eigenvalue weighted by Gasteiger charge is 2.22. The summed E-state index contributed by atoms with van der Waals surface area (Å²) < 4.78 is 0. The van der Waals surface area contributed by atoms with Crippen LogP contribution in [0.25, 0.3) is 0 Å². The number of amides is 2. The van der Waals surface area contributed by atoms with Gasteiger partial charge in [-0.05, 0) is 11.4 Å². The minimum absolute atomic E-state index is 0.0106. The van der Waals surface area contributed by atoms with Gasteiger partial charge in [-0.2, -0.15) is 0 Å². The lowest BCUT2D eigenvalue weighted by Crippen LogP contribution is -2.36. The van der Waals surface area contributed by atoms with Crippen molar-refractivity contribution in [3.05, 3.63) is 22.4 Å². The van der Waals surface area contributed by atoms with E-state index in [4.69, 9.17) is 0 Å². The first-order valence-electron chi connectivity index (χ1n) is 4.82. The van der Waals surface area contributed by atoms with Crippen molar-refractivity contribution >= 4 is 23.2 Å². The molecule has 2 amide bonds. The molecule has 1 aromatic heterocycles. The molecule has 2 N–H and O–H groups in total. The van der Waals surface area contributed by atoms with Gasteiger partial charge in [-0.3, -0.25) is 9.59 Å². The number of hydrogen-bond donors (Lipinski definition) is 2. The quantitative estimate of drug-likeness (QED) is 0.775. The molecule has 5 heteroatoms. The Morgan fingerprint density at radius 2 is 2.53 bits per heavy atom. The van der Waals surface area contributed by atoms with Crippen LogP contribution in [0, 0.1) is 0 Å². The topological polar surface area (TPSA) is 58.2 Å². The van der Waals surface area contributed by atoms with Crippen LogP contribution in [-0.2, 0) is 16.0 Å². The zero-order valence-corrected chi connectivity index (χ0v) is 8.97. The van der Waals surface area contributed by atoms with Gasteiger partial charge in [0.1, 0.15) is 0 Å². The van der Waals surface area contributed by atoms with Gasteiger partial charge in [-0.25, -0.2) is 0 Å². The molecule has 1 unspecified atom stereocenters. The van der Waals surface area contributed by atoms with Crippen molar-refractivity contribution in [3.63, 3.8) is 0 Å². The van der Waals surface area contributed by atoms with Gasteiger partial charge in [0.2, 0.25) is 11.8 Å². The molecule has 0 aromatic carbocycles. The second-order valence-electron chi connectivity index (χ2n) is 3.53. The molecule has 1 saturated heterocycles. The summed E-state index contributed by atoms with van der Waals surface area (Å²) in [4.78, 5) is 23.5. The maximum absolute atomic E-state index is 11.5. The number of nitrogens with one attached hydrogen (secondary N) is 2. The Balaban J connectivity index is 1.80. The molecule has 1 atom stereocenters. The van der Waals surface area contributed by atoms with Gasteiger partial charge in [-0.1, -0.05) is 6.07 Å². The molecule has 4 nitrogen and oxygen atoms in total. The van der Waals surface area contributed by atoms with Crippen LogP contribution in [0.4, 0.5) is 0 Å². The summed E-state index contributed by atoms with van der Waals surface area (Å²) in [6.07, 6.45) is 0.804. The van der Waals surface area contributed by atoms with Crippen molar-refractivity contribution < 1.29 is 9.59 Å². The minimum atomic E-state index is -0.0371. The lowest BCUT2D eigenvalue weighted by atomic mass is 10.2. The van der Waals surface area contributed by atoms with E-state index in [1.54, 1.807) is 11.3 Å². The molecule has 0 spiro atoms. The van der Waals surface area contributed by atoms with Gasteiger partial charge >= 0.3 is 0 Å². The molecule has 0 radical (unpaired) electrons. The van der Waals surface area contributed by atoms with E-state index in [0.29, 0.717) is 19.4 Å². The van der Waals surface area contributed by atoms with E-state index in [0.717, 1.165) is 4.88 Å². The number of hydrogen-bond acceptors (Lipinski definition) is 3. The smallest absolute Gasteiger partial charge is 0.225 e. The van der Waals surface area contributed by atoms with Crippen molar-refractivity contribution in [1.82, 2.24) is 10.6 Å². The van der Waals surface area contributed by atoms with Gasteiger partial charge < -0.3 is 10.6 Å². The largest absolute Gasteiger partial charge is 0.354 e. The first-order chi connectivity index (χ1) is 7.24. The summed E-state index contributed by atoms with van der Waals surface area (Å²) in [5.74, 6) is -0.00428. The number of thiophene rings is 1. The van der Waals surface area contributed by atoms with Gasteiger partial charge in [-0.15, -0.1) is 11.3 Å². The van der Waals surface area contributed by atoms with E-state index in [2.05, 4.69) is 10.6 Å². The van der Waals surface area contributed by atoms with Crippen molar-refractivity contribution in [2.75, 3.05) is 6.54 Å². The number of carbonyl (C=O) groups excluding carboxylic acids is 2. The first kappa shape index (κ1) is 10.2. The third-order valence-corrected chi connectivity index (χ3v) is 3.13. The molecular formula is C10H12N2O2S. The third-order valence-electron chi connectivity index (χ3n) is 2.26. The van der Waals surface area contributed by atoms with Gasteiger partial charge in [0.25, 0.3) is 0 Å². The van der Waals surface area contributed by atoms with Crippen molar-refractivity contribution in [2.45, 2.75) is 18.9 Å². The Kier molecular flexibility index (Phi) is 3.01. The van der Waals surface area contributed by atoms with E-state index >= 15 is 0 Å². The number of rotatable bonds is 3. The van der Waals surface area contributed by atoms with Crippen LogP contribution in [0.3, 0.4) is 0 Å². The van der Waals surface area contributed by atoms with Crippen LogP contribution < -0.4 is 10.6 Å². The Hall–Kier alpha value is -1.36. The average Bonchev–Trinajstić information content (AvgIpc) is 2.77. The lowest BCUT2D eigenvalue weighted by molar-refractivity contribution is -0.121. The predicted molar refractivity (Wildman–Crippen MR) is 57.6 cm³/mol. The van der Waals surface area contributed by atoms with Gasteiger partial charge in [0.05, 0.1) is 12.5 Å². The molecule has 0 saturated carbocycles. The molecule has 15 heavy (non-hydrogen) atoms. The van der Waals surface area contributed by atoms with E-state index in [-0.39, 0.29) is 17.9 Å². The maximum atomic E-state index is 11.5. The normalized spacial score (nSPS) is 20.0. The molecule has 2 heterocycles. The Labute approximate surface area is 91.7 Å². The molecule has 2 rings (SSSR count). The van der Waals surface area contributed by atoms with E-state index in [1.165, 1.54) is 0 Å². The van der Waals surface area contributed by atoms with Crippen molar-refractivity contribution in [2.24, 2.45) is 0 Å². The molecule has 0 bridgehead atoms. The summed E-state index contributed by atoms with van der Waals surface area (Å²) in [6, 6.07) is 3.82. The molecule has 1 aliphatic heterocycles. The van der Waals surface area contributed by atoms with Gasteiger partial charge in [0.15, 0.2) is 0 Å². The van der Waals surface area contributed by atoms with Crippen LogP contribution in [0.1, 0.15) is 11.3 Å². The van der Waals surface area contributed by atoms with Crippen LogP contribution in [-0.4, -0.2) is 24.4 Å². The van der Waals surface area contributed by atoms with Crippen molar-refractivity contribution in [1.29, 1.82) is 0 Å². The molecule has 1 aliphatic rings. The second-order valence-corrected chi connectivity index (χ2v) is 4.56. The summed E-state index contributed by atoms with van der Waals surface area (Å²) in [6.45, 7) is 0.551. The average molecular weight is 224 g/mol. The monoisotopic (exact) mass is 224 g/mol. The Morgan fingerprint density at radius 3 is 3.13 bits per heavy atom. The highest BCUT2D eigenvalue weighted by atomic mass is 32.1. The molecule has 0 aliphatic carbocycles. The Bertz CT molecular complexity index is 362. The zero-order valence-electron chi connectivity index (χ0n) is 8.16. The van der Waals surface area contributed by atoms with E-state index in [9.17, 15) is 9.59 Å². The van der Waals surface area contributed by atoms with Crippen molar-refractivity contribution in [3.8, 4) is 0 Å². The first-order valence-corrected chi connectivity index (χ1v) is 5.70. The van der Waals surface area contributed by atoms with Crippen LogP contribution >= 0.6 is 11.3 Å². The molecule has 1 fully saturated rings. The summed E-state index contributed by atoms with van der Waals surface area (Å²) in [5, 5.41) is 7.46. The summed E-state index contributed by atoms with van der Waals surface area (Å²) in [7, 11) is 0. The second kappa shape index (κ2) is 4.44. The van der Waals surface area contributed by atoms with Crippen LogP contribution in [0.5, 0.6) is 0 Å². The van der Waals surface area contributed by atoms with E-state index in [1.807, 2.05) is 17.5 Å². The standard InChI is InChI=1S/C10H12N2O2S/c13-9-4-7(6-11-9)12-10(14)5-8-2-1-3-15-8/h1-3,7H,4-6H2,(H,11,13)(H,12,14). The fraction of sp³-hybridized carbons (Fsp3) is 0.400. The molecule has 80 valence electrons. The minimum Gasteiger partial charge on any atom is -0.354 e. The lowest BCUT2D eigenvalue weighted by Gasteiger charge is -2.09. The molecule has 1 aromatic rings. The summed E-state index contributed by atoms with van der Waals surface area (Å²) >= 11 is 1.57. The number of carbonyl (C=O) groups is 2. The highest BCUT2D eigenvalue weighted by Crippen LogP contribution is 2.09. The SMILES string of the molecule is O=C1CC(NC(=O)Cc2cccs2)CN1. The molecular weight excluding hydrogens is 212 g/mol. The Morgan fingerprint density at radius 1 is 1.67 bits per heavy atom. The fourth-order valence-corrected chi connectivity index (χ4v) is 2.26.